The predicted octanol–water partition coefficient (Wildman–Crippen LogP) is 5.34. The van der Waals surface area contributed by atoms with Gasteiger partial charge in [0.05, 0.1) is 33.0 Å². The van der Waals surface area contributed by atoms with Gasteiger partial charge in [-0.2, -0.15) is 0 Å². The Labute approximate surface area is 209 Å². The van der Waals surface area contributed by atoms with Crippen LogP contribution in [0.2, 0.25) is 0 Å². The molecule has 0 aromatic heterocycles. The van der Waals surface area contributed by atoms with Crippen molar-refractivity contribution in [2.75, 3.05) is 40.5 Å². The van der Waals surface area contributed by atoms with Gasteiger partial charge in [0, 0.05) is 6.04 Å². The van der Waals surface area contributed by atoms with E-state index in [4.69, 9.17) is 18.9 Å². The molecule has 2 aromatic carbocycles. The lowest BCUT2D eigenvalue weighted by Gasteiger charge is -2.34. The van der Waals surface area contributed by atoms with Crippen LogP contribution >= 0.6 is 12.4 Å². The number of ether oxygens (including phenoxy) is 4. The molecule has 6 nitrogen and oxygen atoms in total. The number of halogens is 1. The summed E-state index contributed by atoms with van der Waals surface area (Å²) in [6.45, 7) is 7.13. The molecule has 0 heterocycles. The van der Waals surface area contributed by atoms with Gasteiger partial charge in [0.25, 0.3) is 0 Å². The van der Waals surface area contributed by atoms with Crippen LogP contribution in [0.15, 0.2) is 36.4 Å². The molecule has 1 aliphatic rings. The molecule has 1 atom stereocenters. The van der Waals surface area contributed by atoms with Gasteiger partial charge in [0.15, 0.2) is 11.5 Å². The van der Waals surface area contributed by atoms with Crippen LogP contribution < -0.4 is 14.2 Å². The summed E-state index contributed by atoms with van der Waals surface area (Å²) < 4.78 is 21.7. The van der Waals surface area contributed by atoms with E-state index in [2.05, 4.69) is 30.0 Å². The number of rotatable bonds is 12. The van der Waals surface area contributed by atoms with Gasteiger partial charge in [-0.25, -0.2) is 4.79 Å². The Morgan fingerprint density at radius 2 is 1.82 bits per heavy atom. The number of likely N-dealkylation sites (N-methyl/N-ethyl adjacent to an activating group) is 1. The van der Waals surface area contributed by atoms with Crippen LogP contribution in [0.25, 0.3) is 0 Å². The second-order valence-electron chi connectivity index (χ2n) is 8.30. The molecule has 0 spiro atoms. The zero-order chi connectivity index (χ0) is 23.6. The van der Waals surface area contributed by atoms with Gasteiger partial charge in [-0.1, -0.05) is 13.0 Å². The lowest BCUT2D eigenvalue weighted by atomic mass is 9.87. The molecule has 34 heavy (non-hydrogen) atoms. The Morgan fingerprint density at radius 1 is 1.00 bits per heavy atom. The van der Waals surface area contributed by atoms with E-state index < -0.39 is 0 Å². The van der Waals surface area contributed by atoms with Crippen LogP contribution in [0.4, 0.5) is 0 Å². The van der Waals surface area contributed by atoms with Gasteiger partial charge in [-0.15, -0.1) is 12.4 Å². The highest BCUT2D eigenvalue weighted by Crippen LogP contribution is 2.29. The highest BCUT2D eigenvalue weighted by molar-refractivity contribution is 5.90. The van der Waals surface area contributed by atoms with Gasteiger partial charge in [0.1, 0.15) is 5.75 Å². The minimum absolute atomic E-state index is 0. The standard InChI is InChI=1S/C27H37NO5.ClH/c1-5-28(23-12-9-21-18-24(30-3)13-10-20(21)17-23)15-7-8-16-33-27(29)22-11-14-25(32-6-2)26(19-22)31-4;/h10-11,13-14,18-19,23H,5-9,12,15-17H2,1-4H3;1H. The van der Waals surface area contributed by atoms with E-state index in [0.717, 1.165) is 44.5 Å². The van der Waals surface area contributed by atoms with E-state index in [-0.39, 0.29) is 18.4 Å². The fourth-order valence-electron chi connectivity index (χ4n) is 4.48. The monoisotopic (exact) mass is 491 g/mol. The lowest BCUT2D eigenvalue weighted by molar-refractivity contribution is 0.0492. The Bertz CT molecular complexity index is 920. The first-order valence-corrected chi connectivity index (χ1v) is 12.0. The Morgan fingerprint density at radius 3 is 2.53 bits per heavy atom. The van der Waals surface area contributed by atoms with Crippen LogP contribution in [0.1, 0.15) is 54.6 Å². The Balaban J connectivity index is 0.00000408. The van der Waals surface area contributed by atoms with E-state index >= 15 is 0 Å². The van der Waals surface area contributed by atoms with Crippen molar-refractivity contribution < 1.29 is 23.7 Å². The normalized spacial score (nSPS) is 14.7. The summed E-state index contributed by atoms with van der Waals surface area (Å²) in [5, 5.41) is 0. The minimum Gasteiger partial charge on any atom is -0.497 e. The molecule has 3 rings (SSSR count). The quantitative estimate of drug-likeness (QED) is 0.295. The third-order valence-electron chi connectivity index (χ3n) is 6.31. The number of carbonyl (C=O) groups is 1. The number of hydrogen-bond donors (Lipinski definition) is 0. The van der Waals surface area contributed by atoms with Crippen molar-refractivity contribution in [3.63, 3.8) is 0 Å². The Hall–Kier alpha value is -2.44. The topological polar surface area (TPSA) is 57.2 Å². The van der Waals surface area contributed by atoms with Crippen molar-refractivity contribution in [3.05, 3.63) is 53.1 Å². The van der Waals surface area contributed by atoms with Crippen LogP contribution in [-0.4, -0.2) is 57.4 Å². The third-order valence-corrected chi connectivity index (χ3v) is 6.31. The summed E-state index contributed by atoms with van der Waals surface area (Å²) in [6, 6.07) is 12.1. The smallest absolute Gasteiger partial charge is 0.338 e. The van der Waals surface area contributed by atoms with Gasteiger partial charge in [-0.3, -0.25) is 0 Å². The Kier molecular flexibility index (Phi) is 11.5. The van der Waals surface area contributed by atoms with Crippen molar-refractivity contribution in [1.82, 2.24) is 4.90 Å². The number of fused-ring (bicyclic) bond motifs is 1. The number of esters is 1. The first-order chi connectivity index (χ1) is 16.1. The summed E-state index contributed by atoms with van der Waals surface area (Å²) in [4.78, 5) is 15.0. The van der Waals surface area contributed by atoms with Crippen molar-refractivity contribution >= 4 is 18.4 Å². The van der Waals surface area contributed by atoms with Crippen LogP contribution in [0.3, 0.4) is 0 Å². The second-order valence-corrected chi connectivity index (χ2v) is 8.30. The molecular weight excluding hydrogens is 454 g/mol. The summed E-state index contributed by atoms with van der Waals surface area (Å²) in [5.74, 6) is 1.78. The first-order valence-electron chi connectivity index (χ1n) is 12.0. The van der Waals surface area contributed by atoms with Crippen molar-refractivity contribution in [2.45, 2.75) is 52.0 Å². The average molecular weight is 492 g/mol. The molecule has 1 aliphatic carbocycles. The summed E-state index contributed by atoms with van der Waals surface area (Å²) in [5.41, 5.74) is 3.33. The largest absolute Gasteiger partial charge is 0.497 e. The highest BCUT2D eigenvalue weighted by atomic mass is 35.5. The second kappa shape index (κ2) is 14.1. The minimum atomic E-state index is -0.331. The van der Waals surface area contributed by atoms with E-state index in [1.807, 2.05) is 6.92 Å². The molecule has 0 bridgehead atoms. The van der Waals surface area contributed by atoms with E-state index in [1.54, 1.807) is 32.4 Å². The van der Waals surface area contributed by atoms with Gasteiger partial charge in [0.2, 0.25) is 0 Å². The maximum Gasteiger partial charge on any atom is 0.338 e. The fraction of sp³-hybridized carbons (Fsp3) is 0.519. The SMILES string of the molecule is CCOc1ccc(C(=O)OCCCCN(CC)C2CCc3cc(OC)ccc3C2)cc1OC.Cl. The molecule has 188 valence electrons. The molecule has 0 radical (unpaired) electrons. The van der Waals surface area contributed by atoms with Crippen LogP contribution in [-0.2, 0) is 17.6 Å². The van der Waals surface area contributed by atoms with Crippen molar-refractivity contribution in [1.29, 1.82) is 0 Å². The maximum absolute atomic E-state index is 12.4. The number of aryl methyl sites for hydroxylation is 1. The number of methoxy groups -OCH3 is 2. The van der Waals surface area contributed by atoms with Crippen LogP contribution in [0.5, 0.6) is 17.2 Å². The molecule has 0 amide bonds. The van der Waals surface area contributed by atoms with Gasteiger partial charge in [-0.05, 0) is 93.6 Å². The molecule has 1 unspecified atom stereocenters. The summed E-state index contributed by atoms with van der Waals surface area (Å²) in [6.07, 6.45) is 5.19. The summed E-state index contributed by atoms with van der Waals surface area (Å²) in [7, 11) is 3.28. The molecule has 0 fully saturated rings. The maximum atomic E-state index is 12.4. The molecule has 7 heteroatoms. The lowest BCUT2D eigenvalue weighted by Crippen LogP contribution is -2.39. The molecular formula is C27H38ClNO5. The third kappa shape index (κ3) is 7.28. The van der Waals surface area contributed by atoms with Gasteiger partial charge < -0.3 is 23.8 Å². The van der Waals surface area contributed by atoms with Crippen molar-refractivity contribution in [3.8, 4) is 17.2 Å². The zero-order valence-corrected chi connectivity index (χ0v) is 21.6. The highest BCUT2D eigenvalue weighted by Gasteiger charge is 2.23. The predicted molar refractivity (Wildman–Crippen MR) is 137 cm³/mol. The molecule has 0 N–H and O–H groups in total. The molecule has 0 saturated carbocycles. The molecule has 0 saturated heterocycles. The number of benzene rings is 2. The first kappa shape index (κ1) is 27.8. The van der Waals surface area contributed by atoms with Crippen LogP contribution in [0, 0.1) is 0 Å². The van der Waals surface area contributed by atoms with E-state index in [9.17, 15) is 4.79 Å². The van der Waals surface area contributed by atoms with Gasteiger partial charge >= 0.3 is 5.97 Å². The number of unbranched alkanes of at least 4 members (excludes halogenated alkanes) is 1. The number of hydrogen-bond acceptors (Lipinski definition) is 6. The van der Waals surface area contributed by atoms with E-state index in [0.29, 0.717) is 36.3 Å². The molecule has 2 aromatic rings. The fourth-order valence-corrected chi connectivity index (χ4v) is 4.48. The van der Waals surface area contributed by atoms with Crippen molar-refractivity contribution in [2.24, 2.45) is 0 Å². The zero-order valence-electron chi connectivity index (χ0n) is 20.8. The number of carbonyl (C=O) groups excluding carboxylic acids is 1. The summed E-state index contributed by atoms with van der Waals surface area (Å²) >= 11 is 0. The number of nitrogens with zero attached hydrogens (tertiary/aromatic N) is 1. The average Bonchev–Trinajstić information content (AvgIpc) is 2.85. The molecule has 0 aliphatic heterocycles. The van der Waals surface area contributed by atoms with E-state index in [1.165, 1.54) is 17.5 Å².